The maximum Gasteiger partial charge on any atom is 0.335 e. The molecule has 138 valence electrons. The van der Waals surface area contributed by atoms with Crippen molar-refractivity contribution in [1.29, 1.82) is 0 Å². The molecule has 0 aliphatic carbocycles. The van der Waals surface area contributed by atoms with Crippen LogP contribution < -0.4 is 10.2 Å². The van der Waals surface area contributed by atoms with Crippen LogP contribution in [-0.2, 0) is 0 Å². The predicted molar refractivity (Wildman–Crippen MR) is 103 cm³/mol. The van der Waals surface area contributed by atoms with Crippen LogP contribution in [0.2, 0.25) is 0 Å². The van der Waals surface area contributed by atoms with Crippen molar-refractivity contribution in [2.75, 3.05) is 6.61 Å². The van der Waals surface area contributed by atoms with E-state index in [9.17, 15) is 9.59 Å². The van der Waals surface area contributed by atoms with Crippen molar-refractivity contribution in [1.82, 2.24) is 4.98 Å². The maximum atomic E-state index is 12.9. The number of hydrogen-bond donors (Lipinski definition) is 1. The number of hydrogen-bond acceptors (Lipinski definition) is 5. The fourth-order valence-corrected chi connectivity index (χ4v) is 2.52. The second kappa shape index (κ2) is 7.86. The van der Waals surface area contributed by atoms with E-state index in [4.69, 9.17) is 14.3 Å². The number of aromatic carboxylic acids is 1. The molecule has 0 aliphatic heterocycles. The number of rotatable bonds is 6. The van der Waals surface area contributed by atoms with Gasteiger partial charge in [-0.25, -0.2) is 4.79 Å². The van der Waals surface area contributed by atoms with Gasteiger partial charge in [-0.05, 0) is 55.3 Å². The van der Waals surface area contributed by atoms with Gasteiger partial charge in [0.05, 0.1) is 23.3 Å². The first-order valence-corrected chi connectivity index (χ1v) is 8.57. The van der Waals surface area contributed by atoms with Gasteiger partial charge in [0.25, 0.3) is 0 Å². The molecule has 0 spiro atoms. The largest absolute Gasteiger partial charge is 0.486 e. The molecule has 0 saturated carbocycles. The highest BCUT2D eigenvalue weighted by molar-refractivity contribution is 5.93. The zero-order valence-corrected chi connectivity index (χ0v) is 15.1. The normalized spacial score (nSPS) is 11.2. The van der Waals surface area contributed by atoms with Crippen molar-refractivity contribution in [3.63, 3.8) is 0 Å². The molecule has 6 heteroatoms. The summed E-state index contributed by atoms with van der Waals surface area (Å²) >= 11 is 0. The summed E-state index contributed by atoms with van der Waals surface area (Å²) in [5.41, 5.74) is 1.68. The molecule has 2 aromatic heterocycles. The number of carboxylic acids is 1. The Hall–Kier alpha value is -3.41. The summed E-state index contributed by atoms with van der Waals surface area (Å²) in [5.74, 6) is -0.775. The highest BCUT2D eigenvalue weighted by Crippen LogP contribution is 2.24. The zero-order valence-electron chi connectivity index (χ0n) is 15.1. The van der Waals surface area contributed by atoms with Crippen molar-refractivity contribution in [2.24, 2.45) is 0 Å². The highest BCUT2D eigenvalue weighted by Gasteiger charge is 2.16. The first-order chi connectivity index (χ1) is 13.0. The van der Waals surface area contributed by atoms with E-state index in [0.29, 0.717) is 17.9 Å². The number of benzene rings is 1. The van der Waals surface area contributed by atoms with Crippen LogP contribution in [0.1, 0.15) is 40.7 Å². The molecular weight excluding hydrogens is 346 g/mol. The minimum Gasteiger partial charge on any atom is -0.486 e. The number of carboxylic acid groups (broad SMARTS) is 1. The Bertz CT molecular complexity index is 1060. The summed E-state index contributed by atoms with van der Waals surface area (Å²) in [6, 6.07) is 7.97. The second-order valence-corrected chi connectivity index (χ2v) is 6.08. The number of fused-ring (bicyclic) bond motifs is 1. The number of aryl methyl sites for hydroxylation is 1. The molecule has 1 aromatic carbocycles. The summed E-state index contributed by atoms with van der Waals surface area (Å²) in [7, 11) is 0. The van der Waals surface area contributed by atoms with Crippen molar-refractivity contribution >= 4 is 29.1 Å². The standard InChI is InChI=1S/C21H19NO5/c1-3-10-26-20-18(9-7-15-6-4-13(2)12-22-15)27-17-8-5-14(21(24)25)11-16(17)19(20)23/h4-9,11-12H,3,10H2,1-2H3,(H,24,25). The molecule has 2 heterocycles. The Morgan fingerprint density at radius 2 is 2.07 bits per heavy atom. The molecule has 0 fully saturated rings. The lowest BCUT2D eigenvalue weighted by Gasteiger charge is -2.09. The van der Waals surface area contributed by atoms with Crippen molar-refractivity contribution in [3.05, 3.63) is 69.3 Å². The van der Waals surface area contributed by atoms with Crippen LogP contribution in [-0.4, -0.2) is 22.7 Å². The number of pyridine rings is 1. The number of aromatic nitrogens is 1. The van der Waals surface area contributed by atoms with Gasteiger partial charge in [-0.3, -0.25) is 9.78 Å². The van der Waals surface area contributed by atoms with E-state index in [1.54, 1.807) is 18.3 Å². The Balaban J connectivity index is 2.12. The lowest BCUT2D eigenvalue weighted by molar-refractivity contribution is 0.0697. The van der Waals surface area contributed by atoms with Gasteiger partial charge in [-0.1, -0.05) is 13.0 Å². The molecule has 0 radical (unpaired) electrons. The van der Waals surface area contributed by atoms with E-state index in [1.165, 1.54) is 18.2 Å². The van der Waals surface area contributed by atoms with Gasteiger partial charge in [0.2, 0.25) is 11.2 Å². The van der Waals surface area contributed by atoms with Gasteiger partial charge in [-0.15, -0.1) is 0 Å². The van der Waals surface area contributed by atoms with E-state index in [-0.39, 0.29) is 22.5 Å². The Kier molecular flexibility index (Phi) is 5.35. The molecule has 27 heavy (non-hydrogen) atoms. The summed E-state index contributed by atoms with van der Waals surface area (Å²) in [6.07, 6.45) is 5.83. The molecule has 0 bridgehead atoms. The number of nitrogens with zero attached hydrogens (tertiary/aromatic N) is 1. The molecule has 3 rings (SSSR count). The van der Waals surface area contributed by atoms with E-state index in [2.05, 4.69) is 4.98 Å². The Morgan fingerprint density at radius 3 is 2.74 bits per heavy atom. The van der Waals surface area contributed by atoms with Crippen LogP contribution in [0.3, 0.4) is 0 Å². The van der Waals surface area contributed by atoms with E-state index in [0.717, 1.165) is 12.0 Å². The zero-order chi connectivity index (χ0) is 19.4. The number of carbonyl (C=O) groups is 1. The van der Waals surface area contributed by atoms with Gasteiger partial charge in [-0.2, -0.15) is 0 Å². The molecular formula is C21H19NO5. The SMILES string of the molecule is CCCOc1c(C=Cc2ccc(C)cn2)oc2ccc(C(=O)O)cc2c1=O. The van der Waals surface area contributed by atoms with Gasteiger partial charge in [0.1, 0.15) is 5.58 Å². The minimum absolute atomic E-state index is 0.0170. The quantitative estimate of drug-likeness (QED) is 0.706. The maximum absolute atomic E-state index is 12.9. The molecule has 0 atom stereocenters. The molecule has 1 N–H and O–H groups in total. The molecule has 6 nitrogen and oxygen atoms in total. The smallest absolute Gasteiger partial charge is 0.335 e. The third-order valence-electron chi connectivity index (χ3n) is 3.91. The van der Waals surface area contributed by atoms with Gasteiger partial charge >= 0.3 is 5.97 Å². The number of ether oxygens (including phenoxy) is 1. The average molecular weight is 365 g/mol. The molecule has 0 amide bonds. The second-order valence-electron chi connectivity index (χ2n) is 6.08. The van der Waals surface area contributed by atoms with Crippen molar-refractivity contribution in [2.45, 2.75) is 20.3 Å². The Morgan fingerprint density at radius 1 is 1.26 bits per heavy atom. The lowest BCUT2D eigenvalue weighted by atomic mass is 10.1. The highest BCUT2D eigenvalue weighted by atomic mass is 16.5. The first-order valence-electron chi connectivity index (χ1n) is 8.57. The minimum atomic E-state index is -1.11. The van der Waals surface area contributed by atoms with Crippen LogP contribution >= 0.6 is 0 Å². The summed E-state index contributed by atoms with van der Waals surface area (Å²) in [4.78, 5) is 28.3. The lowest BCUT2D eigenvalue weighted by Crippen LogP contribution is -2.11. The predicted octanol–water partition coefficient (Wildman–Crippen LogP) is 4.15. The summed E-state index contributed by atoms with van der Waals surface area (Å²) in [5, 5.41) is 9.32. The molecule has 3 aromatic rings. The van der Waals surface area contributed by atoms with Crippen LogP contribution in [0.15, 0.2) is 45.7 Å². The van der Waals surface area contributed by atoms with Crippen molar-refractivity contribution in [3.8, 4) is 5.75 Å². The van der Waals surface area contributed by atoms with E-state index >= 15 is 0 Å². The van der Waals surface area contributed by atoms with E-state index < -0.39 is 11.4 Å². The Labute approximate surface area is 155 Å². The van der Waals surface area contributed by atoms with E-state index in [1.807, 2.05) is 26.0 Å². The third kappa shape index (κ3) is 4.06. The fraction of sp³-hybridized carbons (Fsp3) is 0.190. The molecule has 0 unspecified atom stereocenters. The average Bonchev–Trinajstić information content (AvgIpc) is 2.66. The van der Waals surface area contributed by atoms with Crippen LogP contribution in [0.25, 0.3) is 23.1 Å². The molecule has 0 saturated heterocycles. The van der Waals surface area contributed by atoms with Crippen LogP contribution in [0, 0.1) is 6.92 Å². The van der Waals surface area contributed by atoms with Crippen LogP contribution in [0.5, 0.6) is 5.75 Å². The topological polar surface area (TPSA) is 89.6 Å². The summed E-state index contributed by atoms with van der Waals surface area (Å²) in [6.45, 7) is 4.22. The first kappa shape index (κ1) is 18.4. The fourth-order valence-electron chi connectivity index (χ4n) is 2.52. The van der Waals surface area contributed by atoms with Crippen molar-refractivity contribution < 1.29 is 19.1 Å². The van der Waals surface area contributed by atoms with Gasteiger partial charge < -0.3 is 14.3 Å². The third-order valence-corrected chi connectivity index (χ3v) is 3.91. The van der Waals surface area contributed by atoms with Crippen LogP contribution in [0.4, 0.5) is 0 Å². The summed E-state index contributed by atoms with van der Waals surface area (Å²) < 4.78 is 11.4. The monoisotopic (exact) mass is 365 g/mol. The van der Waals surface area contributed by atoms with Gasteiger partial charge in [0.15, 0.2) is 5.76 Å². The molecule has 0 aliphatic rings. The van der Waals surface area contributed by atoms with Gasteiger partial charge in [0, 0.05) is 6.20 Å².